The van der Waals surface area contributed by atoms with E-state index < -0.39 is 0 Å². The van der Waals surface area contributed by atoms with E-state index in [2.05, 4.69) is 20.5 Å². The molecule has 0 saturated carbocycles. The summed E-state index contributed by atoms with van der Waals surface area (Å²) in [7, 11) is 1.80. The van der Waals surface area contributed by atoms with Gasteiger partial charge >= 0.3 is 0 Å². The molecule has 0 aromatic carbocycles. The Labute approximate surface area is 146 Å². The number of nitrogens with one attached hydrogen (secondary N) is 1. The van der Waals surface area contributed by atoms with Crippen molar-refractivity contribution in [3.8, 4) is 0 Å². The number of aromatic nitrogens is 3. The molecule has 2 aliphatic rings. The van der Waals surface area contributed by atoms with E-state index in [0.29, 0.717) is 5.56 Å². The number of nitrogens with zero attached hydrogens (tertiary/aromatic N) is 4. The van der Waals surface area contributed by atoms with Gasteiger partial charge in [-0.3, -0.25) is 14.4 Å². The number of aryl methyl sites for hydroxylation is 2. The van der Waals surface area contributed by atoms with Gasteiger partial charge in [0.1, 0.15) is 11.5 Å². The van der Waals surface area contributed by atoms with Gasteiger partial charge < -0.3 is 14.6 Å². The van der Waals surface area contributed by atoms with Crippen molar-refractivity contribution in [2.75, 3.05) is 26.3 Å². The Morgan fingerprint density at radius 1 is 1.40 bits per heavy atom. The zero-order valence-corrected chi connectivity index (χ0v) is 14.4. The first-order valence-electron chi connectivity index (χ1n) is 8.75. The van der Waals surface area contributed by atoms with Crippen molar-refractivity contribution >= 4 is 5.91 Å². The van der Waals surface area contributed by atoms with E-state index in [1.54, 1.807) is 24.1 Å². The highest BCUT2D eigenvalue weighted by Gasteiger charge is 2.28. The number of amides is 1. The van der Waals surface area contributed by atoms with Crippen molar-refractivity contribution in [1.29, 1.82) is 0 Å². The standard InChI is InChI=1S/C17H23N5O3/c1-21-10-12(9-18-21)17(23)19-13-2-3-16-14(8-13)15(20-25-16)11-22-4-6-24-7-5-22/h9-10,13H,2-8,11H2,1H3,(H,19,23). The summed E-state index contributed by atoms with van der Waals surface area (Å²) >= 11 is 0. The summed E-state index contributed by atoms with van der Waals surface area (Å²) in [5, 5.41) is 11.5. The molecule has 3 heterocycles. The monoisotopic (exact) mass is 345 g/mol. The van der Waals surface area contributed by atoms with Crippen LogP contribution in [0.25, 0.3) is 0 Å². The smallest absolute Gasteiger partial charge is 0.254 e. The van der Waals surface area contributed by atoms with E-state index in [4.69, 9.17) is 9.26 Å². The fourth-order valence-corrected chi connectivity index (χ4v) is 3.49. The van der Waals surface area contributed by atoms with Crippen molar-refractivity contribution < 1.29 is 14.1 Å². The van der Waals surface area contributed by atoms with Crippen LogP contribution in [-0.4, -0.2) is 58.1 Å². The summed E-state index contributed by atoms with van der Waals surface area (Å²) in [6.07, 6.45) is 5.76. The second-order valence-corrected chi connectivity index (χ2v) is 6.74. The molecule has 0 radical (unpaired) electrons. The van der Waals surface area contributed by atoms with Gasteiger partial charge in [-0.1, -0.05) is 5.16 Å². The van der Waals surface area contributed by atoms with Crippen LogP contribution in [-0.2, 0) is 31.2 Å². The van der Waals surface area contributed by atoms with E-state index >= 15 is 0 Å². The fraction of sp³-hybridized carbons (Fsp3) is 0.588. The summed E-state index contributed by atoms with van der Waals surface area (Å²) in [6.45, 7) is 4.16. The summed E-state index contributed by atoms with van der Waals surface area (Å²) in [5.74, 6) is 0.892. The minimum absolute atomic E-state index is 0.0762. The Hall–Kier alpha value is -2.19. The molecule has 0 spiro atoms. The van der Waals surface area contributed by atoms with Crippen molar-refractivity contribution in [3.63, 3.8) is 0 Å². The quantitative estimate of drug-likeness (QED) is 0.870. The third-order valence-electron chi connectivity index (χ3n) is 4.90. The molecule has 0 bridgehead atoms. The molecule has 2 aromatic heterocycles. The molecule has 8 nitrogen and oxygen atoms in total. The topological polar surface area (TPSA) is 85.4 Å². The lowest BCUT2D eigenvalue weighted by atomic mass is 9.91. The third-order valence-corrected chi connectivity index (χ3v) is 4.90. The van der Waals surface area contributed by atoms with Gasteiger partial charge in [-0.25, -0.2) is 0 Å². The van der Waals surface area contributed by atoms with Gasteiger partial charge in [0.2, 0.25) is 0 Å². The first-order chi connectivity index (χ1) is 12.2. The number of hydrogen-bond acceptors (Lipinski definition) is 6. The van der Waals surface area contributed by atoms with Crippen LogP contribution in [0.3, 0.4) is 0 Å². The Bertz CT molecular complexity index is 747. The second-order valence-electron chi connectivity index (χ2n) is 6.74. The van der Waals surface area contributed by atoms with Gasteiger partial charge in [0.15, 0.2) is 0 Å². The van der Waals surface area contributed by atoms with Gasteiger partial charge in [-0.2, -0.15) is 5.10 Å². The van der Waals surface area contributed by atoms with Crippen molar-refractivity contribution in [1.82, 2.24) is 25.2 Å². The fourth-order valence-electron chi connectivity index (χ4n) is 3.49. The molecule has 1 fully saturated rings. The maximum absolute atomic E-state index is 12.4. The highest BCUT2D eigenvalue weighted by molar-refractivity contribution is 5.93. The van der Waals surface area contributed by atoms with Crippen LogP contribution >= 0.6 is 0 Å². The van der Waals surface area contributed by atoms with E-state index in [1.165, 1.54) is 0 Å². The third kappa shape index (κ3) is 3.59. The molecule has 1 aliphatic heterocycles. The zero-order chi connectivity index (χ0) is 17.2. The van der Waals surface area contributed by atoms with Crippen LogP contribution in [0.15, 0.2) is 16.9 Å². The predicted molar refractivity (Wildman–Crippen MR) is 89.1 cm³/mol. The SMILES string of the molecule is Cn1cc(C(=O)NC2CCc3onc(CN4CCOCC4)c3C2)cn1. The molecule has 1 amide bonds. The van der Waals surface area contributed by atoms with Crippen molar-refractivity contribution in [3.05, 3.63) is 35.0 Å². The van der Waals surface area contributed by atoms with Crippen molar-refractivity contribution in [2.24, 2.45) is 7.05 Å². The molecule has 25 heavy (non-hydrogen) atoms. The van der Waals surface area contributed by atoms with Crippen molar-refractivity contribution in [2.45, 2.75) is 31.8 Å². The summed E-state index contributed by atoms with van der Waals surface area (Å²) in [4.78, 5) is 14.7. The average molecular weight is 345 g/mol. The minimum Gasteiger partial charge on any atom is -0.379 e. The number of carbonyl (C=O) groups is 1. The Kier molecular flexibility index (Phi) is 4.54. The maximum Gasteiger partial charge on any atom is 0.254 e. The largest absolute Gasteiger partial charge is 0.379 e. The molecule has 8 heteroatoms. The van der Waals surface area contributed by atoms with E-state index in [-0.39, 0.29) is 11.9 Å². The summed E-state index contributed by atoms with van der Waals surface area (Å²) in [5.41, 5.74) is 2.75. The first-order valence-corrected chi connectivity index (χ1v) is 8.75. The lowest BCUT2D eigenvalue weighted by Crippen LogP contribution is -2.39. The highest BCUT2D eigenvalue weighted by atomic mass is 16.5. The first kappa shape index (κ1) is 16.3. The molecular formula is C17H23N5O3. The molecule has 134 valence electrons. The van der Waals surface area contributed by atoms with Crippen LogP contribution in [0.2, 0.25) is 0 Å². The van der Waals surface area contributed by atoms with E-state index in [9.17, 15) is 4.79 Å². The predicted octanol–water partition coefficient (Wildman–Crippen LogP) is 0.528. The lowest BCUT2D eigenvalue weighted by Gasteiger charge is -2.27. The second kappa shape index (κ2) is 6.97. The zero-order valence-electron chi connectivity index (χ0n) is 14.4. The summed E-state index contributed by atoms with van der Waals surface area (Å²) in [6, 6.07) is 0.100. The number of rotatable bonds is 4. The number of ether oxygens (including phenoxy) is 1. The van der Waals surface area contributed by atoms with E-state index in [1.807, 2.05) is 0 Å². The molecule has 1 N–H and O–H groups in total. The van der Waals surface area contributed by atoms with Gasteiger partial charge in [-0.15, -0.1) is 0 Å². The summed E-state index contributed by atoms with van der Waals surface area (Å²) < 4.78 is 12.6. The molecule has 1 unspecified atom stereocenters. The Balaban J connectivity index is 1.41. The highest BCUT2D eigenvalue weighted by Crippen LogP contribution is 2.26. The number of fused-ring (bicyclic) bond motifs is 1. The van der Waals surface area contributed by atoms with Crippen LogP contribution in [0.5, 0.6) is 0 Å². The molecule has 2 aromatic rings. The molecule has 1 atom stereocenters. The maximum atomic E-state index is 12.4. The molecule has 1 aliphatic carbocycles. The van der Waals surface area contributed by atoms with E-state index in [0.717, 1.165) is 69.1 Å². The van der Waals surface area contributed by atoms with Crippen LogP contribution in [0.1, 0.15) is 33.8 Å². The van der Waals surface area contributed by atoms with Crippen LogP contribution < -0.4 is 5.32 Å². The minimum atomic E-state index is -0.0762. The molecule has 4 rings (SSSR count). The van der Waals surface area contributed by atoms with Crippen LogP contribution in [0.4, 0.5) is 0 Å². The lowest BCUT2D eigenvalue weighted by molar-refractivity contribution is 0.0331. The van der Waals surface area contributed by atoms with Gasteiger partial charge in [-0.05, 0) is 12.8 Å². The average Bonchev–Trinajstić information content (AvgIpc) is 3.23. The normalized spacial score (nSPS) is 21.1. The molecule has 1 saturated heterocycles. The Morgan fingerprint density at radius 2 is 2.24 bits per heavy atom. The number of morpholine rings is 1. The molecular weight excluding hydrogens is 322 g/mol. The van der Waals surface area contributed by atoms with Gasteiger partial charge in [0.05, 0.1) is 25.0 Å². The van der Waals surface area contributed by atoms with Crippen LogP contribution in [0, 0.1) is 0 Å². The van der Waals surface area contributed by atoms with Gasteiger partial charge in [0, 0.05) is 50.9 Å². The number of carbonyl (C=O) groups excluding carboxylic acids is 1. The van der Waals surface area contributed by atoms with Gasteiger partial charge in [0.25, 0.3) is 5.91 Å². The number of hydrogen-bond donors (Lipinski definition) is 1. The Morgan fingerprint density at radius 3 is 3.00 bits per heavy atom.